The van der Waals surface area contributed by atoms with Crippen LogP contribution in [0.15, 0.2) is 0 Å². The maximum atomic E-state index is 8.40. The van der Waals surface area contributed by atoms with Crippen molar-refractivity contribution in [3.63, 3.8) is 0 Å². The molecule has 5 heteroatoms. The van der Waals surface area contributed by atoms with Crippen LogP contribution in [-0.4, -0.2) is 0 Å². The predicted molar refractivity (Wildman–Crippen MR) is 49.5 cm³/mol. The third kappa shape index (κ3) is 9.01. The summed E-state index contributed by atoms with van der Waals surface area (Å²) in [6, 6.07) is 2.22. The molecule has 0 atom stereocenters. The molecule has 0 unspecified atom stereocenters. The van der Waals surface area contributed by atoms with Crippen LogP contribution >= 0.6 is 28.3 Å². The van der Waals surface area contributed by atoms with Crippen molar-refractivity contribution in [2.75, 3.05) is 0 Å². The van der Waals surface area contributed by atoms with Crippen LogP contribution in [-0.2, 0) is 14.2 Å². The van der Waals surface area contributed by atoms with Gasteiger partial charge in [0.2, 0.25) is 0 Å². The summed E-state index contributed by atoms with van der Waals surface area (Å²) < 4.78 is 0. The summed E-state index contributed by atoms with van der Waals surface area (Å²) >= 11 is -1.85. The van der Waals surface area contributed by atoms with Crippen molar-refractivity contribution < 1.29 is 14.2 Å². The van der Waals surface area contributed by atoms with Crippen molar-refractivity contribution in [3.05, 3.63) is 5.92 Å². The Morgan fingerprint density at radius 1 is 1.08 bits per heavy atom. The monoisotopic (exact) mass is 408 g/mol. The second-order valence-corrected chi connectivity index (χ2v) is 12.3. The molecule has 0 aromatic rings. The van der Waals surface area contributed by atoms with Gasteiger partial charge in [-0.05, 0) is 0 Å². The minimum atomic E-state index is -1.85. The van der Waals surface area contributed by atoms with Crippen LogP contribution < -0.4 is 0 Å². The summed E-state index contributed by atoms with van der Waals surface area (Å²) in [7, 11) is 14.9. The summed E-state index contributed by atoms with van der Waals surface area (Å²) in [6.07, 6.45) is 5.93. The predicted octanol–water partition coefficient (Wildman–Crippen LogP) is 4.11. The van der Waals surface area contributed by atoms with Crippen molar-refractivity contribution in [2.45, 2.75) is 32.1 Å². The van der Waals surface area contributed by atoms with Gasteiger partial charge in [0.15, 0.2) is 0 Å². The number of nitriles is 1. The Balaban J connectivity index is 0.000000261. The van der Waals surface area contributed by atoms with Crippen LogP contribution in [0.1, 0.15) is 32.1 Å². The fourth-order valence-corrected chi connectivity index (χ4v) is 1.09. The van der Waals surface area contributed by atoms with Gasteiger partial charge in [0.1, 0.15) is 0 Å². The summed E-state index contributed by atoms with van der Waals surface area (Å²) in [4.78, 5) is 0. The number of hydrogen-bond acceptors (Lipinski definition) is 1. The van der Waals surface area contributed by atoms with Gasteiger partial charge in [-0.2, -0.15) is 12.8 Å². The third-order valence-corrected chi connectivity index (χ3v) is 1.62. The van der Waals surface area contributed by atoms with E-state index >= 15 is 0 Å². The molecule has 1 aliphatic carbocycles. The Hall–Kier alpha value is 0.918. The van der Waals surface area contributed by atoms with E-state index in [-0.39, 0.29) is 0 Å². The summed E-state index contributed by atoms with van der Waals surface area (Å²) in [6.45, 7) is 0. The molecule has 0 aliphatic heterocycles. The molecule has 12 heavy (non-hydrogen) atoms. The van der Waals surface area contributed by atoms with Crippen LogP contribution in [0.5, 0.6) is 0 Å². The van der Waals surface area contributed by atoms with Crippen molar-refractivity contribution in [3.8, 4) is 6.07 Å². The third-order valence-electron chi connectivity index (χ3n) is 1.62. The standard InChI is InChI=1S/C7H10N.3ClH.Pt/c8-6-7-4-2-1-3-5-7;;;;/h1-5H2;3*1H;/q-1;;;;+3/p-3. The van der Waals surface area contributed by atoms with E-state index in [0.717, 1.165) is 18.8 Å². The molecule has 0 aromatic carbocycles. The molecule has 1 aliphatic rings. The molecule has 0 heterocycles. The topological polar surface area (TPSA) is 23.8 Å². The molecular formula is C7H10Cl3NPt-. The molecule has 0 amide bonds. The molecule has 0 spiro atoms. The molecular weight excluding hydrogens is 400 g/mol. The van der Waals surface area contributed by atoms with Gasteiger partial charge < -0.3 is 0 Å². The maximum absolute atomic E-state index is 8.40. The van der Waals surface area contributed by atoms with Gasteiger partial charge in [0.05, 0.1) is 0 Å². The van der Waals surface area contributed by atoms with Crippen LogP contribution in [0.4, 0.5) is 0 Å². The van der Waals surface area contributed by atoms with E-state index in [0.29, 0.717) is 0 Å². The second-order valence-electron chi connectivity index (χ2n) is 2.41. The van der Waals surface area contributed by atoms with Crippen molar-refractivity contribution >= 4 is 28.3 Å². The van der Waals surface area contributed by atoms with Gasteiger partial charge in [0, 0.05) is 0 Å². The average molecular weight is 410 g/mol. The van der Waals surface area contributed by atoms with E-state index < -0.39 is 14.2 Å². The first kappa shape index (κ1) is 12.9. The van der Waals surface area contributed by atoms with Gasteiger partial charge >= 0.3 is 42.4 Å². The first-order chi connectivity index (χ1) is 5.66. The Labute approximate surface area is 91.3 Å². The van der Waals surface area contributed by atoms with Crippen molar-refractivity contribution in [1.82, 2.24) is 0 Å². The van der Waals surface area contributed by atoms with Crippen LogP contribution in [0, 0.1) is 17.2 Å². The van der Waals surface area contributed by atoms with Gasteiger partial charge in [0.25, 0.3) is 0 Å². The fourth-order valence-electron chi connectivity index (χ4n) is 1.09. The Kier molecular flexibility index (Phi) is 9.17. The van der Waals surface area contributed by atoms with E-state index in [1.807, 2.05) is 0 Å². The molecule has 0 aromatic heterocycles. The zero-order chi connectivity index (χ0) is 9.40. The van der Waals surface area contributed by atoms with Gasteiger partial charge in [-0.15, -0.1) is 6.07 Å². The average Bonchev–Trinajstić information content (AvgIpc) is 2.05. The van der Waals surface area contributed by atoms with Gasteiger partial charge in [-0.25, -0.2) is 5.26 Å². The molecule has 1 saturated carbocycles. The van der Waals surface area contributed by atoms with E-state index in [4.69, 9.17) is 33.5 Å². The Morgan fingerprint density at radius 3 is 1.75 bits per heavy atom. The quantitative estimate of drug-likeness (QED) is 0.552. The first-order valence-corrected chi connectivity index (χ1v) is 12.0. The summed E-state index contributed by atoms with van der Waals surface area (Å²) in [5.74, 6) is 1.11. The number of hydrogen-bond donors (Lipinski definition) is 0. The fraction of sp³-hybridized carbons (Fsp3) is 0.714. The molecule has 0 bridgehead atoms. The van der Waals surface area contributed by atoms with Crippen LogP contribution in [0.3, 0.4) is 0 Å². The second kappa shape index (κ2) is 8.51. The molecule has 1 fully saturated rings. The van der Waals surface area contributed by atoms with Gasteiger partial charge in [-0.1, -0.05) is 19.3 Å². The molecule has 0 saturated heterocycles. The normalized spacial score (nSPS) is 17.2. The minimum absolute atomic E-state index is 1.07. The number of nitrogens with zero attached hydrogens (tertiary/aromatic N) is 1. The molecule has 0 radical (unpaired) electrons. The van der Waals surface area contributed by atoms with Crippen LogP contribution in [0.25, 0.3) is 0 Å². The molecule has 0 N–H and O–H groups in total. The summed E-state index contributed by atoms with van der Waals surface area (Å²) in [5, 5.41) is 8.40. The van der Waals surface area contributed by atoms with E-state index in [1.54, 1.807) is 0 Å². The first-order valence-electron chi connectivity index (χ1n) is 3.54. The zero-order valence-corrected chi connectivity index (χ0v) is 11.0. The zero-order valence-electron chi connectivity index (χ0n) is 6.43. The molecule has 1 nitrogen and oxygen atoms in total. The van der Waals surface area contributed by atoms with E-state index in [1.165, 1.54) is 19.3 Å². The Bertz CT molecular complexity index is 137. The van der Waals surface area contributed by atoms with Gasteiger partial charge in [-0.3, -0.25) is 5.92 Å². The van der Waals surface area contributed by atoms with Crippen molar-refractivity contribution in [1.29, 1.82) is 5.26 Å². The summed E-state index contributed by atoms with van der Waals surface area (Å²) in [5.41, 5.74) is 0. The number of halogens is 3. The Morgan fingerprint density at radius 2 is 1.50 bits per heavy atom. The van der Waals surface area contributed by atoms with E-state index in [2.05, 4.69) is 6.07 Å². The van der Waals surface area contributed by atoms with E-state index in [9.17, 15) is 0 Å². The van der Waals surface area contributed by atoms with Crippen LogP contribution in [0.2, 0.25) is 0 Å². The molecule has 1 rings (SSSR count). The SMILES string of the molecule is N#C[C-]1CCCCC1.[Cl][Pt]([Cl])[Cl]. The van der Waals surface area contributed by atoms with Crippen molar-refractivity contribution in [2.24, 2.45) is 0 Å². The molecule has 75 valence electrons. The number of rotatable bonds is 0.